The maximum absolute atomic E-state index is 12.7. The third-order valence-corrected chi connectivity index (χ3v) is 9.84. The summed E-state index contributed by atoms with van der Waals surface area (Å²) in [6, 6.07) is 8.92. The van der Waals surface area contributed by atoms with Gasteiger partial charge in [0.05, 0.1) is 9.23 Å². The first-order valence-corrected chi connectivity index (χ1v) is 14.3. The number of sulfone groups is 1. The number of anilines is 1. The summed E-state index contributed by atoms with van der Waals surface area (Å²) in [5.41, 5.74) is 0.401. The number of rotatable bonds is 6. The molecule has 1 aromatic carbocycles. The Hall–Kier alpha value is -2.32. The number of aromatic nitrogens is 2. The number of piperidine rings is 1. The Morgan fingerprint density at radius 2 is 1.88 bits per heavy atom. The van der Waals surface area contributed by atoms with Crippen molar-refractivity contribution in [2.45, 2.75) is 21.9 Å². The minimum atomic E-state index is -3.64. The number of carbonyl (C=O) groups excluding carboxylic acids is 1. The third kappa shape index (κ3) is 5.27. The van der Waals surface area contributed by atoms with Crippen LogP contribution in [0.1, 0.15) is 12.8 Å². The summed E-state index contributed by atoms with van der Waals surface area (Å²) in [4.78, 5) is 12.7. The first-order valence-electron chi connectivity index (χ1n) is 9.74. The second-order valence-corrected chi connectivity index (χ2v) is 13.3. The highest BCUT2D eigenvalue weighted by atomic mass is 35.5. The van der Waals surface area contributed by atoms with Crippen molar-refractivity contribution in [3.05, 3.63) is 40.7 Å². The van der Waals surface area contributed by atoms with Gasteiger partial charge in [0.2, 0.25) is 11.8 Å². The van der Waals surface area contributed by atoms with Crippen molar-refractivity contribution < 1.29 is 26.0 Å². The largest absolute Gasteiger partial charge is 0.403 e. The molecule has 0 bridgehead atoms. The maximum Gasteiger partial charge on any atom is 0.322 e. The van der Waals surface area contributed by atoms with Crippen molar-refractivity contribution in [3.63, 3.8) is 0 Å². The molecule has 0 aliphatic carbocycles. The molecule has 33 heavy (non-hydrogen) atoms. The number of carbonyl (C=O) groups is 1. The molecule has 1 amide bonds. The fourth-order valence-electron chi connectivity index (χ4n) is 3.38. The van der Waals surface area contributed by atoms with Gasteiger partial charge in [-0.15, -0.1) is 16.4 Å². The predicted molar refractivity (Wildman–Crippen MR) is 122 cm³/mol. The highest BCUT2D eigenvalue weighted by molar-refractivity contribution is 7.91. The maximum atomic E-state index is 12.7. The van der Waals surface area contributed by atoms with Crippen LogP contribution in [0.2, 0.25) is 4.34 Å². The molecule has 0 radical (unpaired) electrons. The smallest absolute Gasteiger partial charge is 0.322 e. The molecule has 2 aromatic heterocycles. The van der Waals surface area contributed by atoms with Crippen molar-refractivity contribution in [1.82, 2.24) is 14.5 Å². The minimum absolute atomic E-state index is 0.0614. The average molecular weight is 531 g/mol. The summed E-state index contributed by atoms with van der Waals surface area (Å²) in [6.45, 7) is 0.395. The molecule has 1 fully saturated rings. The number of sulfonamides is 1. The number of hydrogen-bond donors (Lipinski definition) is 1. The van der Waals surface area contributed by atoms with Gasteiger partial charge >= 0.3 is 6.01 Å². The molecule has 1 aliphatic rings. The second-order valence-electron chi connectivity index (χ2n) is 7.44. The zero-order chi connectivity index (χ0) is 23.8. The van der Waals surface area contributed by atoms with Crippen molar-refractivity contribution in [2.24, 2.45) is 5.92 Å². The topological polar surface area (TPSA) is 140 Å². The Morgan fingerprint density at radius 1 is 1.15 bits per heavy atom. The van der Waals surface area contributed by atoms with E-state index in [1.54, 1.807) is 12.1 Å². The number of benzene rings is 1. The summed E-state index contributed by atoms with van der Waals surface area (Å²) in [5.74, 6) is -0.718. The lowest BCUT2D eigenvalue weighted by Gasteiger charge is -2.29. The van der Waals surface area contributed by atoms with Gasteiger partial charge in [0.15, 0.2) is 9.84 Å². The average Bonchev–Trinajstić information content (AvgIpc) is 3.43. The van der Waals surface area contributed by atoms with E-state index in [9.17, 15) is 21.6 Å². The van der Waals surface area contributed by atoms with Crippen LogP contribution in [0.25, 0.3) is 11.5 Å². The molecule has 3 heterocycles. The molecule has 176 valence electrons. The van der Waals surface area contributed by atoms with Crippen LogP contribution in [0.5, 0.6) is 0 Å². The number of nitrogens with one attached hydrogen (secondary N) is 1. The van der Waals surface area contributed by atoms with Crippen LogP contribution in [0.3, 0.4) is 0 Å². The molecule has 0 spiro atoms. The van der Waals surface area contributed by atoms with E-state index in [1.807, 2.05) is 0 Å². The Kier molecular flexibility index (Phi) is 6.60. The summed E-state index contributed by atoms with van der Waals surface area (Å²) < 4.78 is 56.3. The lowest BCUT2D eigenvalue weighted by atomic mass is 9.97. The summed E-state index contributed by atoms with van der Waals surface area (Å²) in [6.07, 6.45) is 1.76. The standard InChI is InChI=1S/C19H19ClN4O6S3/c1-32(26,27)14-4-2-3-13(11-14)18-22-23-19(30-18)21-17(25)12-7-9-24(10-8-12)33(28,29)16-6-5-15(20)31-16/h2-6,11-12H,7-10H2,1H3,(H,21,23,25). The van der Waals surface area contributed by atoms with Crippen LogP contribution in [-0.4, -0.2) is 56.6 Å². The Morgan fingerprint density at radius 3 is 2.52 bits per heavy atom. The fourth-order valence-corrected chi connectivity index (χ4v) is 7.15. The van der Waals surface area contributed by atoms with Crippen LogP contribution >= 0.6 is 22.9 Å². The van der Waals surface area contributed by atoms with Crippen LogP contribution in [0.15, 0.2) is 49.9 Å². The van der Waals surface area contributed by atoms with E-state index in [0.29, 0.717) is 22.7 Å². The summed E-state index contributed by atoms with van der Waals surface area (Å²) >= 11 is 6.85. The number of amides is 1. The molecule has 0 atom stereocenters. The fraction of sp³-hybridized carbons (Fsp3) is 0.316. The Balaban J connectivity index is 1.38. The van der Waals surface area contributed by atoms with Crippen molar-refractivity contribution in [1.29, 1.82) is 0 Å². The molecule has 14 heteroatoms. The molecule has 4 rings (SSSR count). The highest BCUT2D eigenvalue weighted by Crippen LogP contribution is 2.31. The van der Waals surface area contributed by atoms with E-state index >= 15 is 0 Å². The van der Waals surface area contributed by atoms with Crippen molar-refractivity contribution in [2.75, 3.05) is 24.7 Å². The number of hydrogen-bond acceptors (Lipinski definition) is 9. The van der Waals surface area contributed by atoms with Crippen LogP contribution < -0.4 is 5.32 Å². The van der Waals surface area contributed by atoms with Crippen molar-refractivity contribution >= 4 is 54.7 Å². The van der Waals surface area contributed by atoms with Gasteiger partial charge in [-0.1, -0.05) is 22.8 Å². The van der Waals surface area contributed by atoms with E-state index in [0.717, 1.165) is 17.6 Å². The minimum Gasteiger partial charge on any atom is -0.403 e. The second kappa shape index (κ2) is 9.14. The van der Waals surface area contributed by atoms with Gasteiger partial charge in [0.25, 0.3) is 10.0 Å². The molecule has 10 nitrogen and oxygen atoms in total. The lowest BCUT2D eigenvalue weighted by Crippen LogP contribution is -2.41. The first-order chi connectivity index (χ1) is 15.5. The molecule has 1 aliphatic heterocycles. The predicted octanol–water partition coefficient (Wildman–Crippen LogP) is 2.89. The number of nitrogens with zero attached hydrogens (tertiary/aromatic N) is 3. The lowest BCUT2D eigenvalue weighted by molar-refractivity contribution is -0.121. The molecule has 0 unspecified atom stereocenters. The van der Waals surface area contributed by atoms with E-state index in [2.05, 4.69) is 15.5 Å². The van der Waals surface area contributed by atoms with Gasteiger partial charge < -0.3 is 4.42 Å². The van der Waals surface area contributed by atoms with Crippen LogP contribution in [0.4, 0.5) is 6.01 Å². The Labute approximate surface area is 199 Å². The molecule has 0 saturated carbocycles. The van der Waals surface area contributed by atoms with E-state index in [-0.39, 0.29) is 40.0 Å². The van der Waals surface area contributed by atoms with Gasteiger partial charge in [-0.05, 0) is 43.2 Å². The quantitative estimate of drug-likeness (QED) is 0.513. The van der Waals surface area contributed by atoms with E-state index < -0.39 is 25.8 Å². The zero-order valence-corrected chi connectivity index (χ0v) is 20.5. The SMILES string of the molecule is CS(=O)(=O)c1cccc(-c2nnc(NC(=O)C3CCN(S(=O)(=O)c4ccc(Cl)s4)CC3)o2)c1. The van der Waals surface area contributed by atoms with Gasteiger partial charge in [0, 0.05) is 30.8 Å². The highest BCUT2D eigenvalue weighted by Gasteiger charge is 2.33. The normalized spacial score (nSPS) is 16.1. The monoisotopic (exact) mass is 530 g/mol. The summed E-state index contributed by atoms with van der Waals surface area (Å²) in [7, 11) is -7.04. The molecule has 1 N–H and O–H groups in total. The van der Waals surface area contributed by atoms with Crippen LogP contribution in [-0.2, 0) is 24.7 Å². The molecular weight excluding hydrogens is 512 g/mol. The molecule has 1 saturated heterocycles. The first kappa shape index (κ1) is 23.8. The third-order valence-electron chi connectivity index (χ3n) is 5.13. The van der Waals surface area contributed by atoms with Gasteiger partial charge in [-0.25, -0.2) is 16.8 Å². The van der Waals surface area contributed by atoms with Gasteiger partial charge in [0.1, 0.15) is 4.21 Å². The zero-order valence-electron chi connectivity index (χ0n) is 17.3. The van der Waals surface area contributed by atoms with Crippen molar-refractivity contribution in [3.8, 4) is 11.5 Å². The van der Waals surface area contributed by atoms with E-state index in [1.165, 1.54) is 28.6 Å². The summed E-state index contributed by atoms with van der Waals surface area (Å²) in [5, 5.41) is 10.2. The number of thiophene rings is 1. The Bertz CT molecular complexity index is 1390. The van der Waals surface area contributed by atoms with Gasteiger partial charge in [-0.3, -0.25) is 10.1 Å². The van der Waals surface area contributed by atoms with Crippen LogP contribution in [0, 0.1) is 5.92 Å². The molecular formula is C19H19ClN4O6S3. The molecule has 3 aromatic rings. The van der Waals surface area contributed by atoms with Gasteiger partial charge in [-0.2, -0.15) is 4.31 Å². The van der Waals surface area contributed by atoms with E-state index in [4.69, 9.17) is 16.0 Å². The number of halogens is 1.